The van der Waals surface area contributed by atoms with Gasteiger partial charge in [-0.25, -0.2) is 4.98 Å². The Morgan fingerprint density at radius 2 is 1.63 bits per heavy atom. The van der Waals surface area contributed by atoms with Crippen LogP contribution in [0.5, 0.6) is 0 Å². The van der Waals surface area contributed by atoms with Gasteiger partial charge in [-0.3, -0.25) is 9.69 Å². The molecule has 0 aliphatic carbocycles. The highest BCUT2D eigenvalue weighted by Gasteiger charge is 2.31. The smallest absolute Gasteiger partial charge is 0.309 e. The summed E-state index contributed by atoms with van der Waals surface area (Å²) in [5, 5.41) is 0.561. The molecule has 1 amide bonds. The number of amides is 1. The lowest BCUT2D eigenvalue weighted by Crippen LogP contribution is -2.33. The summed E-state index contributed by atoms with van der Waals surface area (Å²) in [6.07, 6.45) is -3.72. The first kappa shape index (κ1) is 22.2. The highest BCUT2D eigenvalue weighted by atomic mass is 32.1. The summed E-state index contributed by atoms with van der Waals surface area (Å²) >= 11 is 1.44. The molecular formula is C22H24F3N3OS. The summed E-state index contributed by atoms with van der Waals surface area (Å²) in [5.41, 5.74) is 2.39. The number of carbonyl (C=O) groups excluding carboxylic acids is 1. The average molecular weight is 436 g/mol. The van der Waals surface area contributed by atoms with E-state index in [4.69, 9.17) is 4.98 Å². The van der Waals surface area contributed by atoms with Crippen LogP contribution in [0, 0.1) is 13.8 Å². The van der Waals surface area contributed by atoms with Gasteiger partial charge < -0.3 is 4.90 Å². The van der Waals surface area contributed by atoms with Gasteiger partial charge in [0.25, 0.3) is 5.91 Å². The number of carbonyl (C=O) groups is 1. The van der Waals surface area contributed by atoms with Crippen molar-refractivity contribution < 1.29 is 18.0 Å². The van der Waals surface area contributed by atoms with Crippen molar-refractivity contribution in [3.8, 4) is 0 Å². The molecule has 0 bridgehead atoms. The Labute approximate surface area is 177 Å². The van der Waals surface area contributed by atoms with Gasteiger partial charge in [0.05, 0.1) is 15.8 Å². The third kappa shape index (κ3) is 4.82. The van der Waals surface area contributed by atoms with Crippen molar-refractivity contribution in [3.63, 3.8) is 0 Å². The molecule has 0 unspecified atom stereocenters. The van der Waals surface area contributed by atoms with Crippen LogP contribution in [0.4, 0.5) is 18.3 Å². The molecule has 0 radical (unpaired) electrons. The minimum atomic E-state index is -4.44. The van der Waals surface area contributed by atoms with Crippen LogP contribution in [0.3, 0.4) is 0 Å². The van der Waals surface area contributed by atoms with E-state index in [1.54, 1.807) is 4.90 Å². The number of aryl methyl sites for hydroxylation is 2. The van der Waals surface area contributed by atoms with Crippen molar-refractivity contribution in [3.05, 3.63) is 58.7 Å². The number of rotatable bonds is 6. The third-order valence-electron chi connectivity index (χ3n) is 4.85. The Hall–Kier alpha value is -2.45. The topological polar surface area (TPSA) is 36.4 Å². The van der Waals surface area contributed by atoms with Gasteiger partial charge in [0.15, 0.2) is 5.13 Å². The zero-order valence-corrected chi connectivity index (χ0v) is 18.2. The van der Waals surface area contributed by atoms with Crippen molar-refractivity contribution in [1.29, 1.82) is 0 Å². The van der Waals surface area contributed by atoms with Crippen LogP contribution in [0.1, 0.15) is 33.5 Å². The molecule has 0 atom stereocenters. The summed E-state index contributed by atoms with van der Waals surface area (Å²) in [5.74, 6) is -0.350. The largest absolute Gasteiger partial charge is 0.416 e. The second kappa shape index (κ2) is 8.73. The minimum Gasteiger partial charge on any atom is -0.309 e. The molecule has 0 aliphatic heterocycles. The Balaban J connectivity index is 1.97. The fourth-order valence-electron chi connectivity index (χ4n) is 3.15. The van der Waals surface area contributed by atoms with Crippen LogP contribution >= 0.6 is 11.3 Å². The summed E-state index contributed by atoms with van der Waals surface area (Å²) in [6, 6.07) is 8.36. The monoisotopic (exact) mass is 435 g/mol. The number of nitrogens with zero attached hydrogens (tertiary/aromatic N) is 3. The zero-order valence-electron chi connectivity index (χ0n) is 17.4. The molecule has 0 saturated heterocycles. The lowest BCUT2D eigenvalue weighted by Gasteiger charge is -2.21. The number of benzene rings is 2. The van der Waals surface area contributed by atoms with Gasteiger partial charge in [-0.15, -0.1) is 0 Å². The van der Waals surface area contributed by atoms with Crippen molar-refractivity contribution >= 4 is 32.6 Å². The molecule has 0 saturated carbocycles. The molecular weight excluding hydrogens is 411 g/mol. The normalized spacial score (nSPS) is 12.0. The van der Waals surface area contributed by atoms with Crippen molar-refractivity contribution in [2.45, 2.75) is 26.4 Å². The molecule has 4 nitrogen and oxygen atoms in total. The number of alkyl halides is 3. The summed E-state index contributed by atoms with van der Waals surface area (Å²) in [7, 11) is 3.90. The molecule has 0 fully saturated rings. The molecule has 1 heterocycles. The third-order valence-corrected chi connectivity index (χ3v) is 6.07. The fourth-order valence-corrected chi connectivity index (χ4v) is 4.29. The lowest BCUT2D eigenvalue weighted by atomic mass is 10.1. The number of anilines is 1. The second-order valence-electron chi connectivity index (χ2n) is 7.56. The predicted octanol–water partition coefficient (Wildman–Crippen LogP) is 5.53. The van der Waals surface area contributed by atoms with Gasteiger partial charge in [-0.05, 0) is 76.3 Å². The van der Waals surface area contributed by atoms with E-state index in [1.165, 1.54) is 23.5 Å². The summed E-state index contributed by atoms with van der Waals surface area (Å²) < 4.78 is 39.6. The van der Waals surface area contributed by atoms with E-state index < -0.39 is 11.7 Å². The van der Waals surface area contributed by atoms with Gasteiger partial charge in [0.2, 0.25) is 0 Å². The molecule has 30 heavy (non-hydrogen) atoms. The Morgan fingerprint density at radius 3 is 2.20 bits per heavy atom. The Kier molecular flexibility index (Phi) is 6.47. The van der Waals surface area contributed by atoms with E-state index in [9.17, 15) is 18.0 Å². The lowest BCUT2D eigenvalue weighted by molar-refractivity contribution is -0.137. The average Bonchev–Trinajstić information content (AvgIpc) is 3.13. The molecule has 1 aromatic heterocycles. The molecule has 3 aromatic rings. The maximum atomic E-state index is 13.2. The van der Waals surface area contributed by atoms with Crippen LogP contribution in [0.2, 0.25) is 0 Å². The number of hydrogen-bond acceptors (Lipinski definition) is 4. The quantitative estimate of drug-likeness (QED) is 0.511. The first-order valence-corrected chi connectivity index (χ1v) is 10.4. The van der Waals surface area contributed by atoms with Gasteiger partial charge in [0, 0.05) is 12.1 Å². The zero-order chi connectivity index (χ0) is 22.1. The Morgan fingerprint density at radius 1 is 1.00 bits per heavy atom. The molecule has 0 aliphatic rings. The Bertz CT molecular complexity index is 1000. The SMILES string of the molecule is Cc1ccc(C)c2sc(N(CCCN(C)C)C(=O)c3ccc(C(F)(F)F)cc3)nc12. The highest BCUT2D eigenvalue weighted by Crippen LogP contribution is 2.34. The molecule has 0 spiro atoms. The van der Waals surface area contributed by atoms with E-state index in [-0.39, 0.29) is 11.5 Å². The number of hydrogen-bond donors (Lipinski definition) is 0. The minimum absolute atomic E-state index is 0.209. The first-order valence-electron chi connectivity index (χ1n) is 9.58. The van der Waals surface area contributed by atoms with Gasteiger partial charge >= 0.3 is 6.18 Å². The van der Waals surface area contributed by atoms with Crippen LogP contribution < -0.4 is 4.90 Å². The summed E-state index contributed by atoms with van der Waals surface area (Å²) in [4.78, 5) is 21.5. The fraction of sp³-hybridized carbons (Fsp3) is 0.364. The second-order valence-corrected chi connectivity index (χ2v) is 8.54. The number of fused-ring (bicyclic) bond motifs is 1. The first-order chi connectivity index (χ1) is 14.1. The molecule has 160 valence electrons. The van der Waals surface area contributed by atoms with E-state index in [2.05, 4.69) is 0 Å². The van der Waals surface area contributed by atoms with Crippen molar-refractivity contribution in [2.75, 3.05) is 32.1 Å². The van der Waals surface area contributed by atoms with E-state index >= 15 is 0 Å². The van der Waals surface area contributed by atoms with E-state index in [1.807, 2.05) is 45.0 Å². The number of thiazole rings is 1. The standard InChI is InChI=1S/C22H24F3N3OS/c1-14-6-7-15(2)19-18(14)26-21(30-19)28(13-5-12-27(3)4)20(29)16-8-10-17(11-9-16)22(23,24)25/h6-11H,5,12-13H2,1-4H3. The van der Waals surface area contributed by atoms with Crippen molar-refractivity contribution in [1.82, 2.24) is 9.88 Å². The van der Waals surface area contributed by atoms with Gasteiger partial charge in [-0.1, -0.05) is 23.5 Å². The predicted molar refractivity (Wildman–Crippen MR) is 115 cm³/mol. The highest BCUT2D eigenvalue weighted by molar-refractivity contribution is 7.22. The molecule has 2 aromatic carbocycles. The number of aromatic nitrogens is 1. The van der Waals surface area contributed by atoms with Crippen molar-refractivity contribution in [2.24, 2.45) is 0 Å². The van der Waals surface area contributed by atoms with Gasteiger partial charge in [-0.2, -0.15) is 13.2 Å². The molecule has 0 N–H and O–H groups in total. The van der Waals surface area contributed by atoms with Crippen LogP contribution in [0.15, 0.2) is 36.4 Å². The van der Waals surface area contributed by atoms with Gasteiger partial charge in [0.1, 0.15) is 0 Å². The molecule has 8 heteroatoms. The molecule has 3 rings (SSSR count). The summed E-state index contributed by atoms with van der Waals surface area (Å²) in [6.45, 7) is 5.17. The van der Waals surface area contributed by atoms with Crippen LogP contribution in [-0.2, 0) is 6.18 Å². The van der Waals surface area contributed by atoms with E-state index in [0.29, 0.717) is 18.1 Å². The van der Waals surface area contributed by atoms with E-state index in [0.717, 1.165) is 40.0 Å². The number of halogens is 3. The maximum Gasteiger partial charge on any atom is 0.416 e. The van der Waals surface area contributed by atoms with Crippen LogP contribution in [-0.4, -0.2) is 43.0 Å². The van der Waals surface area contributed by atoms with Crippen LogP contribution in [0.25, 0.3) is 10.2 Å². The maximum absolute atomic E-state index is 13.2.